The molecule has 1 aromatic rings. The van der Waals surface area contributed by atoms with Crippen molar-refractivity contribution in [2.45, 2.75) is 38.5 Å². The van der Waals surface area contributed by atoms with Crippen molar-refractivity contribution in [3.63, 3.8) is 0 Å². The summed E-state index contributed by atoms with van der Waals surface area (Å²) in [6, 6.07) is 4.70. The van der Waals surface area contributed by atoms with Gasteiger partial charge in [0, 0.05) is 38.9 Å². The number of aliphatic hydroxyl groups is 1. The van der Waals surface area contributed by atoms with Crippen molar-refractivity contribution in [2.24, 2.45) is 4.99 Å². The summed E-state index contributed by atoms with van der Waals surface area (Å²) in [5, 5.41) is 15.5. The highest BCUT2D eigenvalue weighted by atomic mass is 127. The number of benzene rings is 1. The van der Waals surface area contributed by atoms with Crippen LogP contribution >= 0.6 is 24.0 Å². The first-order valence-electron chi connectivity index (χ1n) is 8.75. The number of nitrogens with zero attached hydrogens (tertiary/aromatic N) is 1. The molecule has 0 amide bonds. The summed E-state index contributed by atoms with van der Waals surface area (Å²) in [5.41, 5.74) is 1.18. The lowest BCUT2D eigenvalue weighted by atomic mass is 10.1. The normalized spacial score (nSPS) is 17.0. The van der Waals surface area contributed by atoms with Crippen LogP contribution in [-0.2, 0) is 22.6 Å². The second kappa shape index (κ2) is 13.2. The maximum atomic E-state index is 13.4. The zero-order chi connectivity index (χ0) is 17.9. The Labute approximate surface area is 171 Å². The Morgan fingerprint density at radius 2 is 2.27 bits per heavy atom. The zero-order valence-electron chi connectivity index (χ0n) is 15.2. The van der Waals surface area contributed by atoms with E-state index in [9.17, 15) is 4.39 Å². The molecular formula is C18H29FIN3O3. The van der Waals surface area contributed by atoms with E-state index in [2.05, 4.69) is 15.6 Å². The molecule has 1 unspecified atom stereocenters. The summed E-state index contributed by atoms with van der Waals surface area (Å²) in [6.07, 6.45) is 3.36. The van der Waals surface area contributed by atoms with Crippen molar-refractivity contribution in [1.29, 1.82) is 0 Å². The van der Waals surface area contributed by atoms with E-state index in [1.54, 1.807) is 19.2 Å². The fourth-order valence-electron chi connectivity index (χ4n) is 2.64. The molecule has 1 saturated heterocycles. The van der Waals surface area contributed by atoms with Gasteiger partial charge in [0.25, 0.3) is 0 Å². The highest BCUT2D eigenvalue weighted by Crippen LogP contribution is 2.12. The summed E-state index contributed by atoms with van der Waals surface area (Å²) >= 11 is 0. The van der Waals surface area contributed by atoms with E-state index in [1.807, 2.05) is 0 Å². The third-order valence-electron chi connectivity index (χ3n) is 4.05. The van der Waals surface area contributed by atoms with Crippen LogP contribution in [0.3, 0.4) is 0 Å². The number of aliphatic imine (C=N–C) groups is 1. The lowest BCUT2D eigenvalue weighted by Crippen LogP contribution is -2.37. The van der Waals surface area contributed by atoms with E-state index in [0.29, 0.717) is 31.3 Å². The van der Waals surface area contributed by atoms with E-state index in [4.69, 9.17) is 14.6 Å². The number of guanidine groups is 1. The number of ether oxygens (including phenoxy) is 2. The Morgan fingerprint density at radius 3 is 2.96 bits per heavy atom. The zero-order valence-corrected chi connectivity index (χ0v) is 17.5. The summed E-state index contributed by atoms with van der Waals surface area (Å²) in [6.45, 7) is 3.15. The maximum Gasteiger partial charge on any atom is 0.191 e. The first kappa shape index (κ1) is 23.1. The predicted octanol–water partition coefficient (Wildman–Crippen LogP) is 2.19. The topological polar surface area (TPSA) is 75.1 Å². The molecule has 148 valence electrons. The number of halogens is 2. The minimum Gasteiger partial charge on any atom is -0.392 e. The molecule has 1 aliphatic heterocycles. The molecule has 1 heterocycles. The SMILES string of the molecule is CN=C(NCCCOCC1CCCO1)NCc1ccc(F)c(CO)c1.I. The molecule has 3 N–H and O–H groups in total. The molecule has 1 aromatic carbocycles. The number of hydrogen-bond donors (Lipinski definition) is 3. The molecule has 1 atom stereocenters. The fraction of sp³-hybridized carbons (Fsp3) is 0.611. The standard InChI is InChI=1S/C18H28FN3O3.HI/c1-20-18(21-7-3-8-24-13-16-4-2-9-25-16)22-11-14-5-6-17(19)15(10-14)12-23;/h5-6,10,16,23H,2-4,7-9,11-13H2,1H3,(H2,20,21,22);1H. The highest BCUT2D eigenvalue weighted by Gasteiger charge is 2.14. The van der Waals surface area contributed by atoms with E-state index in [1.165, 1.54) is 6.07 Å². The molecule has 26 heavy (non-hydrogen) atoms. The molecule has 0 aromatic heterocycles. The predicted molar refractivity (Wildman–Crippen MR) is 110 cm³/mol. The van der Waals surface area contributed by atoms with Gasteiger partial charge in [-0.25, -0.2) is 4.39 Å². The second-order valence-electron chi connectivity index (χ2n) is 6.00. The van der Waals surface area contributed by atoms with Crippen LogP contribution in [-0.4, -0.2) is 50.6 Å². The first-order chi connectivity index (χ1) is 12.2. The van der Waals surface area contributed by atoms with Gasteiger partial charge in [-0.05, 0) is 37.0 Å². The van der Waals surface area contributed by atoms with E-state index < -0.39 is 5.82 Å². The van der Waals surface area contributed by atoms with Gasteiger partial charge in [0.2, 0.25) is 0 Å². The summed E-state index contributed by atoms with van der Waals surface area (Å²) in [4.78, 5) is 4.15. The quantitative estimate of drug-likeness (QED) is 0.218. The molecule has 6 nitrogen and oxygen atoms in total. The lowest BCUT2D eigenvalue weighted by Gasteiger charge is -2.13. The van der Waals surface area contributed by atoms with Crippen molar-refractivity contribution in [3.05, 3.63) is 35.1 Å². The van der Waals surface area contributed by atoms with Gasteiger partial charge in [-0.3, -0.25) is 4.99 Å². The fourth-order valence-corrected chi connectivity index (χ4v) is 2.64. The van der Waals surface area contributed by atoms with Crippen LogP contribution in [0.15, 0.2) is 23.2 Å². The number of hydrogen-bond acceptors (Lipinski definition) is 4. The number of aliphatic hydroxyl groups excluding tert-OH is 1. The third kappa shape index (κ3) is 8.15. The summed E-state index contributed by atoms with van der Waals surface area (Å²) in [7, 11) is 1.70. The average Bonchev–Trinajstić information content (AvgIpc) is 3.15. The summed E-state index contributed by atoms with van der Waals surface area (Å²) in [5.74, 6) is 0.283. The largest absolute Gasteiger partial charge is 0.392 e. The van der Waals surface area contributed by atoms with Crippen LogP contribution in [0.1, 0.15) is 30.4 Å². The Balaban J connectivity index is 0.00000338. The molecule has 0 saturated carbocycles. The van der Waals surface area contributed by atoms with Gasteiger partial charge < -0.3 is 25.2 Å². The van der Waals surface area contributed by atoms with Gasteiger partial charge >= 0.3 is 0 Å². The van der Waals surface area contributed by atoms with Crippen molar-refractivity contribution >= 4 is 29.9 Å². The first-order valence-corrected chi connectivity index (χ1v) is 8.75. The van der Waals surface area contributed by atoms with Gasteiger partial charge in [0.15, 0.2) is 5.96 Å². The maximum absolute atomic E-state index is 13.4. The smallest absolute Gasteiger partial charge is 0.191 e. The molecule has 0 bridgehead atoms. The minimum absolute atomic E-state index is 0. The molecule has 1 fully saturated rings. The van der Waals surface area contributed by atoms with Crippen LogP contribution in [0.25, 0.3) is 0 Å². The Bertz CT molecular complexity index is 554. The Hall–Kier alpha value is -0.970. The van der Waals surface area contributed by atoms with Crippen molar-refractivity contribution in [1.82, 2.24) is 10.6 Å². The van der Waals surface area contributed by atoms with Crippen molar-refractivity contribution < 1.29 is 19.0 Å². The van der Waals surface area contributed by atoms with Crippen LogP contribution in [0, 0.1) is 5.82 Å². The lowest BCUT2D eigenvalue weighted by molar-refractivity contribution is 0.0168. The monoisotopic (exact) mass is 481 g/mol. The van der Waals surface area contributed by atoms with Crippen LogP contribution in [0.4, 0.5) is 4.39 Å². The van der Waals surface area contributed by atoms with Crippen molar-refractivity contribution in [2.75, 3.05) is 33.4 Å². The van der Waals surface area contributed by atoms with Gasteiger partial charge in [0.05, 0.1) is 19.3 Å². The second-order valence-corrected chi connectivity index (χ2v) is 6.00. The van der Waals surface area contributed by atoms with Gasteiger partial charge in [-0.2, -0.15) is 0 Å². The van der Waals surface area contributed by atoms with Gasteiger partial charge in [-0.1, -0.05) is 6.07 Å². The molecule has 2 rings (SSSR count). The highest BCUT2D eigenvalue weighted by molar-refractivity contribution is 14.0. The third-order valence-corrected chi connectivity index (χ3v) is 4.05. The van der Waals surface area contributed by atoms with Crippen LogP contribution < -0.4 is 10.6 Å². The van der Waals surface area contributed by atoms with E-state index in [-0.39, 0.29) is 36.7 Å². The van der Waals surface area contributed by atoms with Crippen LogP contribution in [0.2, 0.25) is 0 Å². The molecule has 0 aliphatic carbocycles. The number of nitrogens with one attached hydrogen (secondary N) is 2. The average molecular weight is 481 g/mol. The Morgan fingerprint density at radius 1 is 1.42 bits per heavy atom. The number of rotatable bonds is 9. The molecule has 0 spiro atoms. The molecular weight excluding hydrogens is 452 g/mol. The van der Waals surface area contributed by atoms with E-state index >= 15 is 0 Å². The minimum atomic E-state index is -0.392. The molecule has 1 aliphatic rings. The summed E-state index contributed by atoms with van der Waals surface area (Å²) < 4.78 is 24.5. The Kier molecular flexibility index (Phi) is 11.7. The van der Waals surface area contributed by atoms with Crippen molar-refractivity contribution in [3.8, 4) is 0 Å². The molecule has 0 radical (unpaired) electrons. The molecule has 8 heteroatoms. The van der Waals surface area contributed by atoms with Crippen LogP contribution in [0.5, 0.6) is 0 Å². The van der Waals surface area contributed by atoms with E-state index in [0.717, 1.165) is 38.0 Å². The van der Waals surface area contributed by atoms with Gasteiger partial charge in [-0.15, -0.1) is 24.0 Å². The van der Waals surface area contributed by atoms with Gasteiger partial charge in [0.1, 0.15) is 5.82 Å².